The molecule has 27 heavy (non-hydrogen) atoms. The fourth-order valence-electron chi connectivity index (χ4n) is 3.16. The summed E-state index contributed by atoms with van der Waals surface area (Å²) in [6, 6.07) is 20.2. The summed E-state index contributed by atoms with van der Waals surface area (Å²) in [5, 5.41) is 1.80. The molecule has 5 heteroatoms. The van der Waals surface area contributed by atoms with Crippen LogP contribution in [0.3, 0.4) is 0 Å². The van der Waals surface area contributed by atoms with Gasteiger partial charge in [0.1, 0.15) is 5.75 Å². The Morgan fingerprint density at radius 3 is 2.26 bits per heavy atom. The molecule has 0 bridgehead atoms. The van der Waals surface area contributed by atoms with E-state index in [1.54, 1.807) is 19.2 Å². The van der Waals surface area contributed by atoms with Crippen LogP contribution in [0.1, 0.15) is 31.9 Å². The Balaban J connectivity index is 1.93. The lowest BCUT2D eigenvalue weighted by Crippen LogP contribution is -2.29. The minimum absolute atomic E-state index is 0.261. The molecule has 0 aliphatic carbocycles. The molecule has 0 saturated heterocycles. The van der Waals surface area contributed by atoms with Crippen LogP contribution in [0.4, 0.5) is 0 Å². The molecule has 0 unspecified atom stereocenters. The third-order valence-electron chi connectivity index (χ3n) is 4.54. The van der Waals surface area contributed by atoms with Crippen molar-refractivity contribution in [1.82, 2.24) is 4.72 Å². The molecule has 0 heterocycles. The quantitative estimate of drug-likeness (QED) is 0.630. The van der Waals surface area contributed by atoms with E-state index < -0.39 is 10.0 Å². The molecule has 4 nitrogen and oxygen atoms in total. The number of ether oxygens (including phenoxy) is 1. The molecule has 0 spiro atoms. The summed E-state index contributed by atoms with van der Waals surface area (Å²) in [7, 11) is -2.03. The van der Waals surface area contributed by atoms with Crippen molar-refractivity contribution in [2.45, 2.75) is 31.2 Å². The topological polar surface area (TPSA) is 55.4 Å². The molecule has 0 fully saturated rings. The van der Waals surface area contributed by atoms with Gasteiger partial charge in [0, 0.05) is 6.04 Å². The Hall–Kier alpha value is -2.37. The van der Waals surface area contributed by atoms with Gasteiger partial charge in [-0.05, 0) is 52.9 Å². The first-order valence-electron chi connectivity index (χ1n) is 9.04. The summed E-state index contributed by atoms with van der Waals surface area (Å²) in [6.45, 7) is 4.18. The molecule has 3 rings (SSSR count). The summed E-state index contributed by atoms with van der Waals surface area (Å²) in [6.07, 6.45) is 0.730. The standard InChI is InChI=1S/C22H25NO3S/c1-16(2)13-22(17-7-5-4-6-8-17)23-27(24,25)21-12-10-18-14-20(26-3)11-9-19(18)15-21/h4-12,14-16,22-23H,13H2,1-3H3/t22-/m1/s1. The van der Waals surface area contributed by atoms with Gasteiger partial charge in [-0.25, -0.2) is 13.1 Å². The first-order chi connectivity index (χ1) is 12.9. The molecule has 1 atom stereocenters. The lowest BCUT2D eigenvalue weighted by atomic mass is 9.98. The van der Waals surface area contributed by atoms with E-state index in [0.717, 1.165) is 28.5 Å². The predicted octanol–water partition coefficient (Wildman–Crippen LogP) is 4.91. The number of fused-ring (bicyclic) bond motifs is 1. The molecule has 0 amide bonds. The zero-order valence-electron chi connectivity index (χ0n) is 15.8. The van der Waals surface area contributed by atoms with Crippen molar-refractivity contribution < 1.29 is 13.2 Å². The summed E-state index contributed by atoms with van der Waals surface area (Å²) in [5.74, 6) is 1.11. The van der Waals surface area contributed by atoms with Gasteiger partial charge in [0.2, 0.25) is 10.0 Å². The molecular formula is C22H25NO3S. The highest BCUT2D eigenvalue weighted by Crippen LogP contribution is 2.27. The Labute approximate surface area is 161 Å². The Kier molecular flexibility index (Phi) is 5.82. The zero-order valence-corrected chi connectivity index (χ0v) is 16.7. The minimum Gasteiger partial charge on any atom is -0.497 e. The number of rotatable bonds is 7. The van der Waals surface area contributed by atoms with Crippen LogP contribution in [0.5, 0.6) is 5.75 Å². The number of nitrogens with one attached hydrogen (secondary N) is 1. The maximum absolute atomic E-state index is 13.0. The maximum Gasteiger partial charge on any atom is 0.241 e. The first-order valence-corrected chi connectivity index (χ1v) is 10.5. The second kappa shape index (κ2) is 8.11. The van der Waals surface area contributed by atoms with Gasteiger partial charge in [-0.15, -0.1) is 0 Å². The smallest absolute Gasteiger partial charge is 0.241 e. The van der Waals surface area contributed by atoms with Crippen LogP contribution >= 0.6 is 0 Å². The lowest BCUT2D eigenvalue weighted by molar-refractivity contribution is 0.415. The Morgan fingerprint density at radius 2 is 1.59 bits per heavy atom. The highest BCUT2D eigenvalue weighted by Gasteiger charge is 2.22. The van der Waals surface area contributed by atoms with E-state index in [9.17, 15) is 8.42 Å². The average Bonchev–Trinajstić information content (AvgIpc) is 2.66. The highest BCUT2D eigenvalue weighted by atomic mass is 32.2. The summed E-state index contributed by atoms with van der Waals surface area (Å²) < 4.78 is 34.2. The number of hydrogen-bond acceptors (Lipinski definition) is 3. The van der Waals surface area contributed by atoms with E-state index in [4.69, 9.17) is 4.74 Å². The van der Waals surface area contributed by atoms with Crippen LogP contribution in [0.25, 0.3) is 10.8 Å². The van der Waals surface area contributed by atoms with E-state index in [0.29, 0.717) is 5.92 Å². The van der Waals surface area contributed by atoms with Crippen molar-refractivity contribution in [1.29, 1.82) is 0 Å². The summed E-state index contributed by atoms with van der Waals surface area (Å²) in [4.78, 5) is 0.268. The predicted molar refractivity (Wildman–Crippen MR) is 109 cm³/mol. The molecule has 0 aromatic heterocycles. The molecule has 1 N–H and O–H groups in total. The van der Waals surface area contributed by atoms with Crippen LogP contribution in [-0.2, 0) is 10.0 Å². The van der Waals surface area contributed by atoms with E-state index in [1.165, 1.54) is 0 Å². The van der Waals surface area contributed by atoms with E-state index in [2.05, 4.69) is 18.6 Å². The van der Waals surface area contributed by atoms with Crippen molar-refractivity contribution in [2.24, 2.45) is 5.92 Å². The molecule has 0 saturated carbocycles. The summed E-state index contributed by atoms with van der Waals surface area (Å²) in [5.41, 5.74) is 0.973. The molecule has 0 radical (unpaired) electrons. The van der Waals surface area contributed by atoms with Crippen LogP contribution in [0, 0.1) is 5.92 Å². The Morgan fingerprint density at radius 1 is 0.926 bits per heavy atom. The van der Waals surface area contributed by atoms with Gasteiger partial charge in [0.05, 0.1) is 12.0 Å². The van der Waals surface area contributed by atoms with Crippen molar-refractivity contribution >= 4 is 20.8 Å². The fraction of sp³-hybridized carbons (Fsp3) is 0.273. The van der Waals surface area contributed by atoms with E-state index >= 15 is 0 Å². The second-order valence-corrected chi connectivity index (χ2v) is 8.80. The van der Waals surface area contributed by atoms with Gasteiger partial charge in [0.25, 0.3) is 0 Å². The van der Waals surface area contributed by atoms with Crippen molar-refractivity contribution in [2.75, 3.05) is 7.11 Å². The van der Waals surface area contributed by atoms with Crippen LogP contribution in [0.15, 0.2) is 71.6 Å². The third-order valence-corrected chi connectivity index (χ3v) is 6.00. The molecule has 0 aliphatic heterocycles. The maximum atomic E-state index is 13.0. The third kappa shape index (κ3) is 4.67. The largest absolute Gasteiger partial charge is 0.497 e. The average molecular weight is 384 g/mol. The number of hydrogen-bond donors (Lipinski definition) is 1. The lowest BCUT2D eigenvalue weighted by Gasteiger charge is -2.21. The van der Waals surface area contributed by atoms with Gasteiger partial charge in [-0.1, -0.05) is 56.3 Å². The van der Waals surface area contributed by atoms with Crippen molar-refractivity contribution in [3.63, 3.8) is 0 Å². The fourth-order valence-corrected chi connectivity index (χ4v) is 4.43. The monoisotopic (exact) mass is 383 g/mol. The molecule has 142 valence electrons. The van der Waals surface area contributed by atoms with E-state index in [1.807, 2.05) is 54.6 Å². The number of benzene rings is 3. The van der Waals surface area contributed by atoms with Gasteiger partial charge in [-0.2, -0.15) is 0 Å². The van der Waals surface area contributed by atoms with Crippen LogP contribution in [-0.4, -0.2) is 15.5 Å². The molecule has 3 aromatic carbocycles. The number of methoxy groups -OCH3 is 1. The van der Waals surface area contributed by atoms with Gasteiger partial charge in [0.15, 0.2) is 0 Å². The van der Waals surface area contributed by atoms with Gasteiger partial charge in [-0.3, -0.25) is 0 Å². The zero-order chi connectivity index (χ0) is 19.4. The molecular weight excluding hydrogens is 358 g/mol. The SMILES string of the molecule is COc1ccc2cc(S(=O)(=O)N[C@H](CC(C)C)c3ccccc3)ccc2c1. The summed E-state index contributed by atoms with van der Waals surface area (Å²) >= 11 is 0. The number of sulfonamides is 1. The van der Waals surface area contributed by atoms with Crippen LogP contribution < -0.4 is 9.46 Å². The minimum atomic E-state index is -3.64. The second-order valence-electron chi connectivity index (χ2n) is 7.09. The van der Waals surface area contributed by atoms with Gasteiger partial charge < -0.3 is 4.74 Å². The van der Waals surface area contributed by atoms with E-state index in [-0.39, 0.29) is 10.9 Å². The highest BCUT2D eigenvalue weighted by molar-refractivity contribution is 7.89. The van der Waals surface area contributed by atoms with Gasteiger partial charge >= 0.3 is 0 Å². The normalized spacial score (nSPS) is 13.0. The molecule has 0 aliphatic rings. The Bertz CT molecular complexity index is 1010. The van der Waals surface area contributed by atoms with Crippen LogP contribution in [0.2, 0.25) is 0 Å². The van der Waals surface area contributed by atoms with Crippen molar-refractivity contribution in [3.05, 3.63) is 72.3 Å². The first kappa shape index (κ1) is 19.4. The molecule has 3 aromatic rings. The van der Waals surface area contributed by atoms with Crippen molar-refractivity contribution in [3.8, 4) is 5.75 Å².